The van der Waals surface area contributed by atoms with E-state index in [-0.39, 0.29) is 17.5 Å². The summed E-state index contributed by atoms with van der Waals surface area (Å²) in [4.78, 5) is 12.4. The molecule has 0 bridgehead atoms. The Labute approximate surface area is 164 Å². The summed E-state index contributed by atoms with van der Waals surface area (Å²) < 4.78 is 5.89. The molecule has 1 aliphatic rings. The molecule has 0 atom stereocenters. The second-order valence-electron chi connectivity index (χ2n) is 6.58. The van der Waals surface area contributed by atoms with Crippen molar-refractivity contribution in [2.24, 2.45) is 0 Å². The predicted octanol–water partition coefficient (Wildman–Crippen LogP) is 4.88. The molecule has 0 saturated heterocycles. The molecular formula is C22H21ClN2O2. The Hall–Kier alpha value is -2.77. The Morgan fingerprint density at radius 1 is 1.19 bits per heavy atom. The minimum absolute atomic E-state index is 0.0874. The number of hydrogen-bond acceptors (Lipinski definition) is 3. The van der Waals surface area contributed by atoms with Crippen molar-refractivity contribution in [2.75, 3.05) is 0 Å². The van der Waals surface area contributed by atoms with E-state index in [1.165, 1.54) is 0 Å². The normalized spacial score (nSPS) is 14.6. The summed E-state index contributed by atoms with van der Waals surface area (Å²) >= 11 is 5.90. The second-order valence-corrected chi connectivity index (χ2v) is 7.01. The first-order valence-electron chi connectivity index (χ1n) is 9.04. The van der Waals surface area contributed by atoms with Crippen molar-refractivity contribution in [3.8, 4) is 11.8 Å². The molecule has 2 aromatic carbocycles. The Morgan fingerprint density at radius 3 is 2.59 bits per heavy atom. The van der Waals surface area contributed by atoms with Gasteiger partial charge in [-0.05, 0) is 42.7 Å². The van der Waals surface area contributed by atoms with Crippen LogP contribution in [0.25, 0.3) is 6.08 Å². The number of carbonyl (C=O) groups is 1. The van der Waals surface area contributed by atoms with Gasteiger partial charge in [0.2, 0.25) is 0 Å². The van der Waals surface area contributed by atoms with Crippen LogP contribution in [0.1, 0.15) is 36.8 Å². The third-order valence-corrected chi connectivity index (χ3v) is 4.83. The zero-order valence-corrected chi connectivity index (χ0v) is 15.7. The topological polar surface area (TPSA) is 62.1 Å². The number of ether oxygens (including phenoxy) is 1. The van der Waals surface area contributed by atoms with Crippen LogP contribution in [0.3, 0.4) is 0 Å². The van der Waals surface area contributed by atoms with Crippen LogP contribution < -0.4 is 10.1 Å². The number of nitriles is 1. The summed E-state index contributed by atoms with van der Waals surface area (Å²) in [7, 11) is 0. The number of carbonyl (C=O) groups excluding carboxylic acids is 1. The number of nitrogens with one attached hydrogen (secondary N) is 1. The molecule has 1 saturated carbocycles. The van der Waals surface area contributed by atoms with Gasteiger partial charge in [-0.3, -0.25) is 4.79 Å². The van der Waals surface area contributed by atoms with Crippen molar-refractivity contribution in [1.82, 2.24) is 5.32 Å². The van der Waals surface area contributed by atoms with Gasteiger partial charge in [-0.15, -0.1) is 0 Å². The van der Waals surface area contributed by atoms with Crippen LogP contribution in [0.15, 0.2) is 54.1 Å². The van der Waals surface area contributed by atoms with Crippen molar-refractivity contribution in [1.29, 1.82) is 5.26 Å². The third kappa shape index (κ3) is 5.35. The minimum atomic E-state index is -0.322. The fraction of sp³-hybridized carbons (Fsp3) is 0.273. The monoisotopic (exact) mass is 380 g/mol. The van der Waals surface area contributed by atoms with Gasteiger partial charge >= 0.3 is 0 Å². The Morgan fingerprint density at radius 2 is 1.89 bits per heavy atom. The van der Waals surface area contributed by atoms with E-state index < -0.39 is 0 Å². The summed E-state index contributed by atoms with van der Waals surface area (Å²) in [5.41, 5.74) is 1.77. The number of para-hydroxylation sites is 1. The molecule has 1 aliphatic carbocycles. The molecular weight excluding hydrogens is 360 g/mol. The van der Waals surface area contributed by atoms with Gasteiger partial charge in [0.15, 0.2) is 0 Å². The van der Waals surface area contributed by atoms with E-state index >= 15 is 0 Å². The van der Waals surface area contributed by atoms with Crippen LogP contribution in [0.4, 0.5) is 0 Å². The van der Waals surface area contributed by atoms with E-state index in [1.54, 1.807) is 6.08 Å². The van der Waals surface area contributed by atoms with E-state index in [0.717, 1.165) is 31.2 Å². The van der Waals surface area contributed by atoms with Crippen LogP contribution in [-0.2, 0) is 11.4 Å². The number of rotatable bonds is 6. The lowest BCUT2D eigenvalue weighted by Gasteiger charge is -2.12. The molecule has 0 aliphatic heterocycles. The molecule has 0 radical (unpaired) electrons. The van der Waals surface area contributed by atoms with Crippen molar-refractivity contribution in [3.05, 3.63) is 70.3 Å². The fourth-order valence-electron chi connectivity index (χ4n) is 3.11. The second kappa shape index (κ2) is 9.25. The average Bonchev–Trinajstić information content (AvgIpc) is 3.19. The minimum Gasteiger partial charge on any atom is -0.488 e. The maximum atomic E-state index is 12.4. The van der Waals surface area contributed by atoms with Gasteiger partial charge in [-0.2, -0.15) is 5.26 Å². The van der Waals surface area contributed by atoms with Crippen LogP contribution in [0.2, 0.25) is 5.02 Å². The highest BCUT2D eigenvalue weighted by molar-refractivity contribution is 6.30. The maximum Gasteiger partial charge on any atom is 0.262 e. The van der Waals surface area contributed by atoms with Gasteiger partial charge in [0.1, 0.15) is 24.0 Å². The molecule has 0 heterocycles. The SMILES string of the molecule is N#C/C(=C\c1ccccc1OCc1ccc(Cl)cc1)C(=O)NC1CCCC1. The average molecular weight is 381 g/mol. The molecule has 1 fully saturated rings. The van der Waals surface area contributed by atoms with Crippen LogP contribution >= 0.6 is 11.6 Å². The quantitative estimate of drug-likeness (QED) is 0.573. The lowest BCUT2D eigenvalue weighted by molar-refractivity contribution is -0.117. The summed E-state index contributed by atoms with van der Waals surface area (Å²) in [5.74, 6) is 0.297. The summed E-state index contributed by atoms with van der Waals surface area (Å²) in [6, 6.07) is 17.0. The van der Waals surface area contributed by atoms with Crippen molar-refractivity contribution >= 4 is 23.6 Å². The molecule has 3 rings (SSSR count). The number of hydrogen-bond donors (Lipinski definition) is 1. The number of nitrogens with zero attached hydrogens (tertiary/aromatic N) is 1. The summed E-state index contributed by atoms with van der Waals surface area (Å²) in [6.45, 7) is 0.373. The van der Waals surface area contributed by atoms with Crippen LogP contribution in [0, 0.1) is 11.3 Å². The van der Waals surface area contributed by atoms with Gasteiger partial charge in [0.05, 0.1) is 0 Å². The Kier molecular flexibility index (Phi) is 6.51. The van der Waals surface area contributed by atoms with E-state index in [2.05, 4.69) is 5.32 Å². The molecule has 4 nitrogen and oxygen atoms in total. The van der Waals surface area contributed by atoms with E-state index in [4.69, 9.17) is 16.3 Å². The molecule has 0 spiro atoms. The lowest BCUT2D eigenvalue weighted by atomic mass is 10.1. The summed E-state index contributed by atoms with van der Waals surface area (Å²) in [5, 5.41) is 13.0. The van der Waals surface area contributed by atoms with E-state index in [1.807, 2.05) is 54.6 Å². The molecule has 2 aromatic rings. The number of amides is 1. The molecule has 0 aromatic heterocycles. The standard InChI is InChI=1S/C22H21ClN2O2/c23-19-11-9-16(10-12-19)15-27-21-8-4-1-5-17(21)13-18(14-24)22(26)25-20-6-2-3-7-20/h1,4-5,8-13,20H,2-3,6-7,15H2,(H,25,26)/b18-13+. The van der Waals surface area contributed by atoms with Crippen LogP contribution in [-0.4, -0.2) is 11.9 Å². The maximum absolute atomic E-state index is 12.4. The summed E-state index contributed by atoms with van der Waals surface area (Å²) in [6.07, 6.45) is 5.79. The zero-order chi connectivity index (χ0) is 19.1. The predicted molar refractivity (Wildman–Crippen MR) is 106 cm³/mol. The van der Waals surface area contributed by atoms with Gasteiger partial charge in [0, 0.05) is 16.6 Å². The van der Waals surface area contributed by atoms with Gasteiger partial charge in [0.25, 0.3) is 5.91 Å². The molecule has 1 N–H and O–H groups in total. The zero-order valence-electron chi connectivity index (χ0n) is 15.0. The highest BCUT2D eigenvalue weighted by atomic mass is 35.5. The first kappa shape index (κ1) is 19.0. The molecule has 1 amide bonds. The first-order valence-corrected chi connectivity index (χ1v) is 9.42. The van der Waals surface area contributed by atoms with E-state index in [9.17, 15) is 10.1 Å². The molecule has 27 heavy (non-hydrogen) atoms. The van der Waals surface area contributed by atoms with Crippen LogP contribution in [0.5, 0.6) is 5.75 Å². The number of benzene rings is 2. The highest BCUT2D eigenvalue weighted by Gasteiger charge is 2.19. The number of halogens is 1. The van der Waals surface area contributed by atoms with Crippen molar-refractivity contribution in [2.45, 2.75) is 38.3 Å². The van der Waals surface area contributed by atoms with Crippen molar-refractivity contribution in [3.63, 3.8) is 0 Å². The smallest absolute Gasteiger partial charge is 0.262 e. The molecule has 138 valence electrons. The Bertz CT molecular complexity index is 863. The van der Waals surface area contributed by atoms with Gasteiger partial charge < -0.3 is 10.1 Å². The highest BCUT2D eigenvalue weighted by Crippen LogP contribution is 2.23. The molecule has 0 unspecified atom stereocenters. The fourth-order valence-corrected chi connectivity index (χ4v) is 3.24. The lowest BCUT2D eigenvalue weighted by Crippen LogP contribution is -2.33. The van der Waals surface area contributed by atoms with Gasteiger partial charge in [-0.1, -0.05) is 54.8 Å². The largest absolute Gasteiger partial charge is 0.488 e. The molecule has 5 heteroatoms. The van der Waals surface area contributed by atoms with Gasteiger partial charge in [-0.25, -0.2) is 0 Å². The first-order chi connectivity index (χ1) is 13.2. The van der Waals surface area contributed by atoms with E-state index in [0.29, 0.717) is 22.9 Å². The third-order valence-electron chi connectivity index (χ3n) is 4.58. The Balaban J connectivity index is 1.72. The van der Waals surface area contributed by atoms with Crippen molar-refractivity contribution < 1.29 is 9.53 Å².